The zero-order valence-electron chi connectivity index (χ0n) is 16.2. The molecule has 0 aliphatic carbocycles. The van der Waals surface area contributed by atoms with E-state index in [4.69, 9.17) is 9.47 Å². The first kappa shape index (κ1) is 21.4. The Bertz CT molecular complexity index is 906. The molecule has 8 nitrogen and oxygen atoms in total. The van der Waals surface area contributed by atoms with E-state index >= 15 is 0 Å². The second-order valence-corrected chi connectivity index (χ2v) is 7.42. The summed E-state index contributed by atoms with van der Waals surface area (Å²) in [5.74, 6) is -1.07. The van der Waals surface area contributed by atoms with Crippen LogP contribution in [0.4, 0.5) is 11.4 Å². The maximum absolute atomic E-state index is 12.2. The third-order valence-electron chi connectivity index (χ3n) is 4.07. The molecule has 1 amide bonds. The van der Waals surface area contributed by atoms with Gasteiger partial charge in [-0.15, -0.1) is 11.3 Å². The molecule has 0 radical (unpaired) electrons. The van der Waals surface area contributed by atoms with Crippen molar-refractivity contribution in [2.45, 2.75) is 33.6 Å². The molecule has 0 atom stereocenters. The number of methoxy groups -OCH3 is 1. The maximum atomic E-state index is 12.2. The van der Waals surface area contributed by atoms with Gasteiger partial charge in [-0.1, -0.05) is 13.3 Å². The quantitative estimate of drug-likeness (QED) is 0.403. The summed E-state index contributed by atoms with van der Waals surface area (Å²) in [7, 11) is 1.31. The lowest BCUT2D eigenvalue weighted by Gasteiger charge is -2.11. The predicted molar refractivity (Wildman–Crippen MR) is 106 cm³/mol. The van der Waals surface area contributed by atoms with Gasteiger partial charge in [-0.3, -0.25) is 14.9 Å². The van der Waals surface area contributed by atoms with Gasteiger partial charge in [-0.25, -0.2) is 4.79 Å². The monoisotopic (exact) mass is 406 g/mol. The van der Waals surface area contributed by atoms with Gasteiger partial charge < -0.3 is 14.8 Å². The van der Waals surface area contributed by atoms with E-state index in [2.05, 4.69) is 12.2 Å². The number of nitro benzene ring substituents is 1. The van der Waals surface area contributed by atoms with Crippen LogP contribution >= 0.6 is 11.3 Å². The molecule has 1 N–H and O–H groups in total. The largest absolute Gasteiger partial charge is 0.490 e. The third kappa shape index (κ3) is 5.07. The molecule has 1 heterocycles. The second kappa shape index (κ2) is 9.32. The second-order valence-electron chi connectivity index (χ2n) is 6.16. The number of nitrogens with one attached hydrogen (secondary N) is 1. The Morgan fingerprint density at radius 3 is 2.57 bits per heavy atom. The number of rotatable bonds is 8. The SMILES string of the molecule is CCCc1cc(C(=O)OCC(=O)Nc2cc(OC)c([N+](=O)[O-])cc2C)sc1C. The molecule has 2 rings (SSSR count). The summed E-state index contributed by atoms with van der Waals surface area (Å²) in [5.41, 5.74) is 1.75. The smallest absolute Gasteiger partial charge is 0.348 e. The summed E-state index contributed by atoms with van der Waals surface area (Å²) in [6.45, 7) is 5.17. The molecule has 0 spiro atoms. The van der Waals surface area contributed by atoms with Crippen molar-refractivity contribution in [2.75, 3.05) is 19.0 Å². The number of carbonyl (C=O) groups is 2. The number of hydrogen-bond donors (Lipinski definition) is 1. The number of hydrogen-bond acceptors (Lipinski definition) is 7. The van der Waals surface area contributed by atoms with Crippen LogP contribution < -0.4 is 10.1 Å². The molecule has 28 heavy (non-hydrogen) atoms. The summed E-state index contributed by atoms with van der Waals surface area (Å²) in [6, 6.07) is 4.48. The lowest BCUT2D eigenvalue weighted by atomic mass is 10.1. The third-order valence-corrected chi connectivity index (χ3v) is 5.14. The van der Waals surface area contributed by atoms with Crippen LogP contribution in [0.2, 0.25) is 0 Å². The van der Waals surface area contributed by atoms with Crippen LogP contribution in [0.3, 0.4) is 0 Å². The Morgan fingerprint density at radius 2 is 1.96 bits per heavy atom. The molecule has 150 valence electrons. The van der Waals surface area contributed by atoms with Crippen molar-refractivity contribution in [3.05, 3.63) is 49.2 Å². The van der Waals surface area contributed by atoms with Crippen molar-refractivity contribution in [1.82, 2.24) is 0 Å². The van der Waals surface area contributed by atoms with Gasteiger partial charge in [0.25, 0.3) is 5.91 Å². The fraction of sp³-hybridized carbons (Fsp3) is 0.368. The lowest BCUT2D eigenvalue weighted by Crippen LogP contribution is -2.21. The Hall–Kier alpha value is -2.94. The molecule has 9 heteroatoms. The lowest BCUT2D eigenvalue weighted by molar-refractivity contribution is -0.385. The van der Waals surface area contributed by atoms with E-state index < -0.39 is 23.4 Å². The van der Waals surface area contributed by atoms with Crippen LogP contribution in [-0.2, 0) is 16.0 Å². The number of ether oxygens (including phenoxy) is 2. The van der Waals surface area contributed by atoms with Crippen molar-refractivity contribution >= 4 is 34.6 Å². The molecule has 0 aliphatic rings. The number of thiophene rings is 1. The van der Waals surface area contributed by atoms with E-state index in [9.17, 15) is 19.7 Å². The number of nitro groups is 1. The first-order valence-electron chi connectivity index (χ1n) is 8.66. The summed E-state index contributed by atoms with van der Waals surface area (Å²) in [6.07, 6.45) is 1.86. The molecular weight excluding hydrogens is 384 g/mol. The molecule has 0 saturated carbocycles. The summed E-state index contributed by atoms with van der Waals surface area (Å²) in [5, 5.41) is 13.6. The highest BCUT2D eigenvalue weighted by Crippen LogP contribution is 2.32. The number of nitrogens with zero attached hydrogens (tertiary/aromatic N) is 1. The van der Waals surface area contributed by atoms with Gasteiger partial charge in [-0.05, 0) is 37.5 Å². The van der Waals surface area contributed by atoms with Gasteiger partial charge in [-0.2, -0.15) is 0 Å². The van der Waals surface area contributed by atoms with Crippen LogP contribution in [0.5, 0.6) is 5.75 Å². The molecular formula is C19H22N2O6S. The molecule has 0 saturated heterocycles. The van der Waals surface area contributed by atoms with E-state index in [1.165, 1.54) is 30.6 Å². The number of carbonyl (C=O) groups excluding carboxylic acids is 2. The number of esters is 1. The minimum atomic E-state index is -0.560. The average Bonchev–Trinajstić information content (AvgIpc) is 3.02. The first-order chi connectivity index (χ1) is 13.3. The van der Waals surface area contributed by atoms with Crippen molar-refractivity contribution in [3.8, 4) is 5.75 Å². The summed E-state index contributed by atoms with van der Waals surface area (Å²) in [4.78, 5) is 36.3. The molecule has 0 unspecified atom stereocenters. The summed E-state index contributed by atoms with van der Waals surface area (Å²) < 4.78 is 10.1. The minimum absolute atomic E-state index is 0.0282. The van der Waals surface area contributed by atoms with Gasteiger partial charge in [0.2, 0.25) is 0 Å². The van der Waals surface area contributed by atoms with Crippen molar-refractivity contribution in [1.29, 1.82) is 0 Å². The fourth-order valence-corrected chi connectivity index (χ4v) is 3.61. The van der Waals surface area contributed by atoms with Crippen LogP contribution in [0.1, 0.15) is 39.0 Å². The molecule has 1 aromatic heterocycles. The Labute approximate surface area is 166 Å². The van der Waals surface area contributed by atoms with Crippen molar-refractivity contribution < 1.29 is 24.0 Å². The minimum Gasteiger partial charge on any atom is -0.490 e. The van der Waals surface area contributed by atoms with E-state index in [1.807, 2.05) is 6.92 Å². The number of aryl methyl sites for hydroxylation is 3. The van der Waals surface area contributed by atoms with Crippen LogP contribution in [0.25, 0.3) is 0 Å². The standard InChI is InChI=1S/C19H22N2O6S/c1-5-6-13-8-17(28-12(13)3)19(23)27-10-18(22)20-14-9-16(26-4)15(21(24)25)7-11(14)2/h7-9H,5-6,10H2,1-4H3,(H,20,22). The van der Waals surface area contributed by atoms with Gasteiger partial charge in [0.15, 0.2) is 12.4 Å². The normalized spacial score (nSPS) is 10.4. The highest BCUT2D eigenvalue weighted by atomic mass is 32.1. The highest BCUT2D eigenvalue weighted by Gasteiger charge is 2.19. The Balaban J connectivity index is 2.01. The zero-order chi connectivity index (χ0) is 20.8. The van der Waals surface area contributed by atoms with E-state index in [0.29, 0.717) is 16.1 Å². The zero-order valence-corrected chi connectivity index (χ0v) is 17.0. The fourth-order valence-electron chi connectivity index (χ4n) is 2.64. The predicted octanol–water partition coefficient (Wildman–Crippen LogP) is 4.03. The van der Waals surface area contributed by atoms with E-state index in [-0.39, 0.29) is 11.4 Å². The molecule has 0 aliphatic heterocycles. The van der Waals surface area contributed by atoms with Crippen LogP contribution in [-0.4, -0.2) is 30.5 Å². The molecule has 0 bridgehead atoms. The average molecular weight is 406 g/mol. The van der Waals surface area contributed by atoms with Crippen molar-refractivity contribution in [3.63, 3.8) is 0 Å². The highest BCUT2D eigenvalue weighted by molar-refractivity contribution is 7.14. The van der Waals surface area contributed by atoms with Gasteiger partial charge in [0, 0.05) is 22.7 Å². The Kier molecular flexibility index (Phi) is 7.11. The Morgan fingerprint density at radius 1 is 1.25 bits per heavy atom. The molecule has 1 aromatic carbocycles. The van der Waals surface area contributed by atoms with Gasteiger partial charge >= 0.3 is 11.7 Å². The number of anilines is 1. The number of benzene rings is 1. The molecule has 2 aromatic rings. The topological polar surface area (TPSA) is 108 Å². The van der Waals surface area contributed by atoms with Crippen LogP contribution in [0.15, 0.2) is 18.2 Å². The molecule has 0 fully saturated rings. The van der Waals surface area contributed by atoms with E-state index in [1.54, 1.807) is 13.0 Å². The maximum Gasteiger partial charge on any atom is 0.348 e. The van der Waals surface area contributed by atoms with Gasteiger partial charge in [0.05, 0.1) is 12.0 Å². The first-order valence-corrected chi connectivity index (χ1v) is 9.47. The van der Waals surface area contributed by atoms with Crippen LogP contribution in [0, 0.1) is 24.0 Å². The van der Waals surface area contributed by atoms with E-state index in [0.717, 1.165) is 23.3 Å². The van der Waals surface area contributed by atoms with Crippen molar-refractivity contribution in [2.24, 2.45) is 0 Å². The summed E-state index contributed by atoms with van der Waals surface area (Å²) >= 11 is 1.34. The number of amides is 1. The van der Waals surface area contributed by atoms with Gasteiger partial charge in [0.1, 0.15) is 4.88 Å².